The van der Waals surface area contributed by atoms with Crippen molar-refractivity contribution in [1.29, 1.82) is 0 Å². The molecule has 1 amide bonds. The fraction of sp³-hybridized carbons (Fsp3) is 0. The molecule has 0 saturated carbocycles. The van der Waals surface area contributed by atoms with Crippen LogP contribution in [0.25, 0.3) is 0 Å². The maximum Gasteiger partial charge on any atom is 0.319 e. The molecule has 0 unspecified atom stereocenters. The van der Waals surface area contributed by atoms with Crippen LogP contribution in [0, 0.1) is 10.1 Å². The van der Waals surface area contributed by atoms with Gasteiger partial charge in [-0.1, -0.05) is 17.7 Å². The minimum atomic E-state index is -0.747. The van der Waals surface area contributed by atoms with Gasteiger partial charge in [0.1, 0.15) is 11.4 Å². The van der Waals surface area contributed by atoms with E-state index in [1.807, 2.05) is 0 Å². The van der Waals surface area contributed by atoms with Gasteiger partial charge in [0.05, 0.1) is 4.92 Å². The smallest absolute Gasteiger partial charge is 0.306 e. The van der Waals surface area contributed by atoms with Crippen LogP contribution in [0.1, 0.15) is 10.4 Å². The first-order valence-corrected chi connectivity index (χ1v) is 5.48. The fourth-order valence-corrected chi connectivity index (χ4v) is 1.63. The van der Waals surface area contributed by atoms with E-state index >= 15 is 0 Å². The Bertz CT molecular complexity index is 633. The molecule has 2 aromatic rings. The monoisotopic (exact) mass is 278 g/mol. The number of rotatable bonds is 3. The maximum atomic E-state index is 11.9. The number of nitrogens with one attached hydrogen (secondary N) is 1. The van der Waals surface area contributed by atoms with Gasteiger partial charge in [-0.25, -0.2) is 9.97 Å². The Balaban J connectivity index is 2.35. The van der Waals surface area contributed by atoms with E-state index in [0.29, 0.717) is 0 Å². The lowest BCUT2D eigenvalue weighted by atomic mass is 10.2. The molecule has 2 aromatic heterocycles. The third-order valence-electron chi connectivity index (χ3n) is 2.21. The second-order valence-corrected chi connectivity index (χ2v) is 3.78. The van der Waals surface area contributed by atoms with Gasteiger partial charge in [-0.2, -0.15) is 0 Å². The number of anilines is 1. The van der Waals surface area contributed by atoms with Crippen LogP contribution in [0.4, 0.5) is 11.5 Å². The van der Waals surface area contributed by atoms with Gasteiger partial charge in [-0.05, 0) is 18.2 Å². The SMILES string of the molecule is O=C(Nc1ccccn1)c1ccnc(Cl)c1[N+](=O)[O-]. The highest BCUT2D eigenvalue weighted by Gasteiger charge is 2.24. The summed E-state index contributed by atoms with van der Waals surface area (Å²) in [5, 5.41) is 13.0. The molecule has 0 radical (unpaired) electrons. The number of carbonyl (C=O) groups excluding carboxylic acids is 1. The highest BCUT2D eigenvalue weighted by atomic mass is 35.5. The van der Waals surface area contributed by atoms with E-state index in [1.165, 1.54) is 18.5 Å². The number of nitrogens with zero attached hydrogens (tertiary/aromatic N) is 3. The number of aromatic nitrogens is 2. The number of pyridine rings is 2. The molecule has 0 atom stereocenters. The van der Waals surface area contributed by atoms with E-state index in [2.05, 4.69) is 15.3 Å². The Hall–Kier alpha value is -2.54. The summed E-state index contributed by atoms with van der Waals surface area (Å²) in [6.07, 6.45) is 2.71. The normalized spacial score (nSPS) is 9.95. The molecular formula is C11H7ClN4O3. The Morgan fingerprint density at radius 3 is 2.68 bits per heavy atom. The molecule has 19 heavy (non-hydrogen) atoms. The molecule has 2 rings (SSSR count). The van der Waals surface area contributed by atoms with E-state index in [9.17, 15) is 14.9 Å². The van der Waals surface area contributed by atoms with Crippen LogP contribution in [0.3, 0.4) is 0 Å². The van der Waals surface area contributed by atoms with E-state index in [4.69, 9.17) is 11.6 Å². The van der Waals surface area contributed by atoms with Crippen molar-refractivity contribution in [2.24, 2.45) is 0 Å². The van der Waals surface area contributed by atoms with Gasteiger partial charge in [-0.15, -0.1) is 0 Å². The van der Waals surface area contributed by atoms with Gasteiger partial charge in [-0.3, -0.25) is 14.9 Å². The number of carbonyl (C=O) groups is 1. The van der Waals surface area contributed by atoms with Gasteiger partial charge in [0.25, 0.3) is 5.91 Å². The molecule has 0 aliphatic heterocycles. The summed E-state index contributed by atoms with van der Waals surface area (Å²) in [4.78, 5) is 29.6. The number of nitro groups is 1. The van der Waals surface area contributed by atoms with Crippen molar-refractivity contribution >= 4 is 29.0 Å². The van der Waals surface area contributed by atoms with Crippen molar-refractivity contribution in [1.82, 2.24) is 9.97 Å². The van der Waals surface area contributed by atoms with Crippen LogP contribution in [0.2, 0.25) is 5.15 Å². The van der Waals surface area contributed by atoms with E-state index in [1.54, 1.807) is 18.2 Å². The quantitative estimate of drug-likeness (QED) is 0.527. The number of halogens is 1. The summed E-state index contributed by atoms with van der Waals surface area (Å²) < 4.78 is 0. The summed E-state index contributed by atoms with van der Waals surface area (Å²) in [6.45, 7) is 0. The van der Waals surface area contributed by atoms with Crippen LogP contribution in [-0.2, 0) is 0 Å². The van der Waals surface area contributed by atoms with Gasteiger partial charge >= 0.3 is 5.69 Å². The second kappa shape index (κ2) is 5.40. The number of amides is 1. The third kappa shape index (κ3) is 2.83. The molecule has 0 bridgehead atoms. The van der Waals surface area contributed by atoms with Crippen molar-refractivity contribution < 1.29 is 9.72 Å². The first-order chi connectivity index (χ1) is 9.09. The second-order valence-electron chi connectivity index (χ2n) is 3.42. The Kier molecular flexibility index (Phi) is 3.67. The number of hydrogen-bond acceptors (Lipinski definition) is 5. The molecule has 96 valence electrons. The van der Waals surface area contributed by atoms with Gasteiger partial charge in [0, 0.05) is 12.4 Å². The van der Waals surface area contributed by atoms with Crippen molar-refractivity contribution in [3.63, 3.8) is 0 Å². The van der Waals surface area contributed by atoms with E-state index in [0.717, 1.165) is 0 Å². The topological polar surface area (TPSA) is 98.0 Å². The highest BCUT2D eigenvalue weighted by Crippen LogP contribution is 2.26. The lowest BCUT2D eigenvalue weighted by Crippen LogP contribution is -2.15. The predicted molar refractivity (Wildman–Crippen MR) is 68.1 cm³/mol. The molecule has 7 nitrogen and oxygen atoms in total. The third-order valence-corrected chi connectivity index (χ3v) is 2.49. The molecule has 0 spiro atoms. The summed E-state index contributed by atoms with van der Waals surface area (Å²) in [7, 11) is 0. The van der Waals surface area contributed by atoms with Gasteiger partial charge in [0.2, 0.25) is 5.15 Å². The van der Waals surface area contributed by atoms with Crippen LogP contribution < -0.4 is 5.32 Å². The van der Waals surface area contributed by atoms with Crippen molar-refractivity contribution in [2.75, 3.05) is 5.32 Å². The average Bonchev–Trinajstić information content (AvgIpc) is 2.39. The van der Waals surface area contributed by atoms with Crippen LogP contribution >= 0.6 is 11.6 Å². The summed E-state index contributed by atoms with van der Waals surface area (Å²) in [6, 6.07) is 6.15. The van der Waals surface area contributed by atoms with Crippen molar-refractivity contribution in [2.45, 2.75) is 0 Å². The lowest BCUT2D eigenvalue weighted by molar-refractivity contribution is -0.385. The van der Waals surface area contributed by atoms with E-state index < -0.39 is 16.5 Å². The van der Waals surface area contributed by atoms with E-state index in [-0.39, 0.29) is 16.5 Å². The highest BCUT2D eigenvalue weighted by molar-refractivity contribution is 6.32. The molecule has 0 aliphatic carbocycles. The largest absolute Gasteiger partial charge is 0.319 e. The zero-order valence-corrected chi connectivity index (χ0v) is 10.2. The molecule has 2 heterocycles. The number of hydrogen-bond donors (Lipinski definition) is 1. The van der Waals surface area contributed by atoms with Crippen LogP contribution in [-0.4, -0.2) is 20.8 Å². The Morgan fingerprint density at radius 2 is 2.05 bits per heavy atom. The molecular weight excluding hydrogens is 272 g/mol. The molecule has 8 heteroatoms. The Morgan fingerprint density at radius 1 is 1.26 bits per heavy atom. The zero-order valence-electron chi connectivity index (χ0n) is 9.41. The predicted octanol–water partition coefficient (Wildman–Crippen LogP) is 2.29. The molecule has 1 N–H and O–H groups in total. The van der Waals surface area contributed by atoms with Gasteiger partial charge in [0.15, 0.2) is 0 Å². The zero-order chi connectivity index (χ0) is 13.8. The standard InChI is InChI=1S/C11H7ClN4O3/c12-10-9(16(18)19)7(4-6-14-10)11(17)15-8-3-1-2-5-13-8/h1-6H,(H,13,15,17). The van der Waals surface area contributed by atoms with Gasteiger partial charge < -0.3 is 5.32 Å². The lowest BCUT2D eigenvalue weighted by Gasteiger charge is -2.05. The minimum absolute atomic E-state index is 0.171. The first-order valence-electron chi connectivity index (χ1n) is 5.11. The van der Waals surface area contributed by atoms with Crippen molar-refractivity contribution in [3.05, 3.63) is 57.5 Å². The fourth-order valence-electron chi connectivity index (χ4n) is 1.41. The summed E-state index contributed by atoms with van der Waals surface area (Å²) in [5.41, 5.74) is -0.701. The molecule has 0 aromatic carbocycles. The molecule has 0 saturated heterocycles. The van der Waals surface area contributed by atoms with Crippen LogP contribution in [0.5, 0.6) is 0 Å². The minimum Gasteiger partial charge on any atom is -0.306 e. The summed E-state index contributed by atoms with van der Waals surface area (Å²) >= 11 is 5.62. The van der Waals surface area contributed by atoms with Crippen LogP contribution in [0.15, 0.2) is 36.7 Å². The maximum absolute atomic E-state index is 11.9. The molecule has 0 fully saturated rings. The average molecular weight is 279 g/mol. The van der Waals surface area contributed by atoms with Crippen molar-refractivity contribution in [3.8, 4) is 0 Å². The first kappa shape index (κ1) is 12.9. The Labute approximate surface area is 112 Å². The summed E-state index contributed by atoms with van der Waals surface area (Å²) in [5.74, 6) is -0.385. The molecule has 0 aliphatic rings.